The van der Waals surface area contributed by atoms with Crippen molar-refractivity contribution in [2.24, 2.45) is 0 Å². The Morgan fingerprint density at radius 3 is 2.43 bits per heavy atom. The summed E-state index contributed by atoms with van der Waals surface area (Å²) in [7, 11) is 4.75. The molecule has 2 aromatic rings. The van der Waals surface area contributed by atoms with Gasteiger partial charge in [0.15, 0.2) is 16.6 Å². The van der Waals surface area contributed by atoms with Crippen LogP contribution in [0.2, 0.25) is 0 Å². The first-order chi connectivity index (χ1) is 13.6. The maximum atomic E-state index is 12.4. The number of morpholine rings is 1. The summed E-state index contributed by atoms with van der Waals surface area (Å²) >= 11 is 1.62. The van der Waals surface area contributed by atoms with Gasteiger partial charge in [-0.1, -0.05) is 11.3 Å². The van der Waals surface area contributed by atoms with Gasteiger partial charge in [0.2, 0.25) is 11.7 Å². The number of hydrogen-bond donors (Lipinski definition) is 1. The van der Waals surface area contributed by atoms with E-state index in [4.69, 9.17) is 18.9 Å². The minimum Gasteiger partial charge on any atom is -0.493 e. The molecule has 2 aliphatic rings. The lowest BCUT2D eigenvalue weighted by Gasteiger charge is -2.26. The van der Waals surface area contributed by atoms with Gasteiger partial charge in [0, 0.05) is 25.4 Å². The van der Waals surface area contributed by atoms with E-state index in [1.165, 1.54) is 0 Å². The van der Waals surface area contributed by atoms with E-state index >= 15 is 0 Å². The first-order valence-corrected chi connectivity index (χ1v) is 9.89. The maximum Gasteiger partial charge on any atom is 0.226 e. The van der Waals surface area contributed by atoms with Gasteiger partial charge >= 0.3 is 0 Å². The Hall–Kier alpha value is -2.52. The molecule has 0 aliphatic carbocycles. The molecule has 0 radical (unpaired) electrons. The highest BCUT2D eigenvalue weighted by atomic mass is 32.1. The van der Waals surface area contributed by atoms with E-state index in [1.807, 2.05) is 12.1 Å². The minimum atomic E-state index is -0.121. The van der Waals surface area contributed by atoms with Crippen molar-refractivity contribution in [1.82, 2.24) is 4.98 Å². The van der Waals surface area contributed by atoms with E-state index in [1.54, 1.807) is 32.7 Å². The topological polar surface area (TPSA) is 82.2 Å². The van der Waals surface area contributed by atoms with Crippen LogP contribution in [-0.2, 0) is 9.53 Å². The first kappa shape index (κ1) is 18.8. The fraction of sp³-hybridized carbons (Fsp3) is 0.474. The van der Waals surface area contributed by atoms with Crippen LogP contribution >= 0.6 is 11.3 Å². The molecule has 1 N–H and O–H groups in total. The molecule has 4 rings (SSSR count). The highest BCUT2D eigenvalue weighted by Crippen LogP contribution is 2.47. The van der Waals surface area contributed by atoms with Gasteiger partial charge in [0.1, 0.15) is 5.82 Å². The summed E-state index contributed by atoms with van der Waals surface area (Å²) in [5, 5.41) is 3.82. The van der Waals surface area contributed by atoms with Crippen molar-refractivity contribution in [2.45, 2.75) is 12.3 Å². The molecule has 1 atom stereocenters. The lowest BCUT2D eigenvalue weighted by atomic mass is 9.91. The van der Waals surface area contributed by atoms with Gasteiger partial charge < -0.3 is 29.2 Å². The highest BCUT2D eigenvalue weighted by molar-refractivity contribution is 7.16. The van der Waals surface area contributed by atoms with Crippen molar-refractivity contribution >= 4 is 28.2 Å². The van der Waals surface area contributed by atoms with E-state index in [0.29, 0.717) is 42.7 Å². The van der Waals surface area contributed by atoms with Crippen LogP contribution in [0.5, 0.6) is 17.2 Å². The zero-order valence-electron chi connectivity index (χ0n) is 16.1. The predicted molar refractivity (Wildman–Crippen MR) is 106 cm³/mol. The van der Waals surface area contributed by atoms with E-state index in [2.05, 4.69) is 15.2 Å². The molecule has 3 heterocycles. The number of ether oxygens (including phenoxy) is 4. The van der Waals surface area contributed by atoms with Crippen molar-refractivity contribution in [2.75, 3.05) is 57.8 Å². The molecule has 1 aromatic carbocycles. The lowest BCUT2D eigenvalue weighted by Crippen LogP contribution is -2.36. The molecule has 0 spiro atoms. The summed E-state index contributed by atoms with van der Waals surface area (Å²) in [5.41, 5.74) is 0.933. The first-order valence-electron chi connectivity index (χ1n) is 9.07. The minimum absolute atomic E-state index is 0.0509. The van der Waals surface area contributed by atoms with Gasteiger partial charge in [-0.25, -0.2) is 4.98 Å². The van der Waals surface area contributed by atoms with Crippen molar-refractivity contribution in [3.8, 4) is 17.2 Å². The number of fused-ring (bicyclic) bond motifs is 1. The number of hydrogen-bond acceptors (Lipinski definition) is 8. The molecule has 9 heteroatoms. The largest absolute Gasteiger partial charge is 0.493 e. The number of nitrogens with one attached hydrogen (secondary N) is 1. The Morgan fingerprint density at radius 1 is 1.14 bits per heavy atom. The summed E-state index contributed by atoms with van der Waals surface area (Å²) in [6.07, 6.45) is 0.344. The van der Waals surface area contributed by atoms with E-state index in [9.17, 15) is 4.79 Å². The number of anilines is 2. The average Bonchev–Trinajstić information content (AvgIpc) is 3.16. The average molecular weight is 405 g/mol. The van der Waals surface area contributed by atoms with Crippen LogP contribution in [0.1, 0.15) is 22.8 Å². The van der Waals surface area contributed by atoms with Gasteiger partial charge in [0.05, 0.1) is 39.4 Å². The quantitative estimate of drug-likeness (QED) is 0.818. The Bertz CT molecular complexity index is 853. The zero-order valence-corrected chi connectivity index (χ0v) is 16.9. The van der Waals surface area contributed by atoms with Crippen molar-refractivity contribution in [3.63, 3.8) is 0 Å². The number of amides is 1. The molecular formula is C19H23N3O5S. The Labute approximate surface area is 167 Å². The number of nitrogens with zero attached hydrogens (tertiary/aromatic N) is 2. The third kappa shape index (κ3) is 3.35. The highest BCUT2D eigenvalue weighted by Gasteiger charge is 2.33. The molecule has 8 nitrogen and oxygen atoms in total. The zero-order chi connectivity index (χ0) is 19.7. The standard InChI is InChI=1S/C19H23N3O5S/c1-24-13-8-11(9-14(25-2)16(13)26-3)12-10-15(23)20-18-17(12)28-19(21-18)22-4-6-27-7-5-22/h8-9,12H,4-7,10H2,1-3H3,(H,20,23)/t12-/m1/s1. The number of carbonyl (C=O) groups excluding carboxylic acids is 1. The number of rotatable bonds is 5. The predicted octanol–water partition coefficient (Wildman–Crippen LogP) is 2.48. The molecule has 1 fully saturated rings. The monoisotopic (exact) mass is 405 g/mol. The fourth-order valence-electron chi connectivity index (χ4n) is 3.57. The third-order valence-electron chi connectivity index (χ3n) is 4.98. The molecule has 0 saturated carbocycles. The maximum absolute atomic E-state index is 12.4. The van der Waals surface area contributed by atoms with Crippen LogP contribution in [0.4, 0.5) is 10.9 Å². The van der Waals surface area contributed by atoms with Crippen LogP contribution in [0.3, 0.4) is 0 Å². The molecule has 1 amide bonds. The van der Waals surface area contributed by atoms with Crippen LogP contribution in [0.25, 0.3) is 0 Å². The normalized spacial score (nSPS) is 19.0. The number of thiazole rings is 1. The molecule has 1 aromatic heterocycles. The Kier molecular flexibility index (Phi) is 5.27. The van der Waals surface area contributed by atoms with E-state index < -0.39 is 0 Å². The van der Waals surface area contributed by atoms with Gasteiger partial charge in [-0.2, -0.15) is 0 Å². The fourth-order valence-corrected chi connectivity index (χ4v) is 4.77. The molecule has 0 bridgehead atoms. The van der Waals surface area contributed by atoms with Crippen LogP contribution in [0, 0.1) is 0 Å². The Balaban J connectivity index is 1.75. The third-order valence-corrected chi connectivity index (χ3v) is 6.21. The SMILES string of the molecule is COc1cc([C@H]2CC(=O)Nc3nc(N4CCOCC4)sc32)cc(OC)c1OC. The van der Waals surface area contributed by atoms with Gasteiger partial charge in [-0.05, 0) is 17.7 Å². The Morgan fingerprint density at radius 2 is 1.82 bits per heavy atom. The number of carbonyl (C=O) groups is 1. The molecule has 0 unspecified atom stereocenters. The van der Waals surface area contributed by atoms with Crippen molar-refractivity contribution in [1.29, 1.82) is 0 Å². The number of aromatic nitrogens is 1. The molecule has 150 valence electrons. The van der Waals surface area contributed by atoms with Crippen LogP contribution in [0.15, 0.2) is 12.1 Å². The van der Waals surface area contributed by atoms with Gasteiger partial charge in [-0.3, -0.25) is 4.79 Å². The molecule has 28 heavy (non-hydrogen) atoms. The smallest absolute Gasteiger partial charge is 0.226 e. The number of benzene rings is 1. The van der Waals surface area contributed by atoms with Crippen molar-refractivity contribution in [3.05, 3.63) is 22.6 Å². The molecular weight excluding hydrogens is 382 g/mol. The number of methoxy groups -OCH3 is 3. The van der Waals surface area contributed by atoms with Crippen LogP contribution < -0.4 is 24.4 Å². The second-order valence-electron chi connectivity index (χ2n) is 6.57. The summed E-state index contributed by atoms with van der Waals surface area (Å²) in [4.78, 5) is 20.3. The summed E-state index contributed by atoms with van der Waals surface area (Å²) in [5.74, 6) is 2.15. The van der Waals surface area contributed by atoms with E-state index in [-0.39, 0.29) is 11.8 Å². The summed E-state index contributed by atoms with van der Waals surface area (Å²) < 4.78 is 21.8. The summed E-state index contributed by atoms with van der Waals surface area (Å²) in [6.45, 7) is 2.98. The second kappa shape index (κ2) is 7.84. The van der Waals surface area contributed by atoms with Gasteiger partial charge in [0.25, 0.3) is 0 Å². The van der Waals surface area contributed by atoms with Crippen molar-refractivity contribution < 1.29 is 23.7 Å². The van der Waals surface area contributed by atoms with Gasteiger partial charge in [-0.15, -0.1) is 0 Å². The summed E-state index contributed by atoms with van der Waals surface area (Å²) in [6, 6.07) is 3.81. The molecule has 1 saturated heterocycles. The lowest BCUT2D eigenvalue weighted by molar-refractivity contribution is -0.116. The van der Waals surface area contributed by atoms with Crippen LogP contribution in [-0.4, -0.2) is 58.5 Å². The second-order valence-corrected chi connectivity index (χ2v) is 7.58. The van der Waals surface area contributed by atoms with E-state index in [0.717, 1.165) is 28.7 Å². The molecule has 2 aliphatic heterocycles.